The number of hydrogen-bond acceptors (Lipinski definition) is 2. The van der Waals surface area contributed by atoms with Gasteiger partial charge in [0.15, 0.2) is 0 Å². The lowest BCUT2D eigenvalue weighted by molar-refractivity contribution is 0.300. The van der Waals surface area contributed by atoms with Crippen LogP contribution in [0.3, 0.4) is 0 Å². The van der Waals surface area contributed by atoms with Gasteiger partial charge in [-0.25, -0.2) is 0 Å². The molecule has 0 aliphatic rings. The number of benzene rings is 2. The van der Waals surface area contributed by atoms with E-state index in [1.165, 1.54) is 10.9 Å². The van der Waals surface area contributed by atoms with Crippen molar-refractivity contribution in [2.75, 3.05) is 7.11 Å². The summed E-state index contributed by atoms with van der Waals surface area (Å²) in [5.74, 6) is 1.61. The molecule has 1 aromatic heterocycles. The number of nitrogens with one attached hydrogen (secondary N) is 1. The SMILES string of the molecule is COc1cccc(OCc2cc3ccc(C)cc3[nH]2)c1. The number of rotatable bonds is 4. The summed E-state index contributed by atoms with van der Waals surface area (Å²) in [6.45, 7) is 2.60. The lowest BCUT2D eigenvalue weighted by Crippen LogP contribution is -1.95. The first-order chi connectivity index (χ1) is 9.74. The third-order valence-corrected chi connectivity index (χ3v) is 3.27. The van der Waals surface area contributed by atoms with Crippen molar-refractivity contribution in [1.29, 1.82) is 0 Å². The second kappa shape index (κ2) is 5.29. The van der Waals surface area contributed by atoms with Crippen molar-refractivity contribution >= 4 is 10.9 Å². The van der Waals surface area contributed by atoms with Gasteiger partial charge in [-0.3, -0.25) is 0 Å². The molecule has 0 atom stereocenters. The average molecular weight is 267 g/mol. The van der Waals surface area contributed by atoms with Gasteiger partial charge in [0.25, 0.3) is 0 Å². The van der Waals surface area contributed by atoms with E-state index in [9.17, 15) is 0 Å². The van der Waals surface area contributed by atoms with Crippen LogP contribution in [0.4, 0.5) is 0 Å². The maximum absolute atomic E-state index is 5.78. The van der Waals surface area contributed by atoms with Crippen LogP contribution in [0.15, 0.2) is 48.5 Å². The predicted molar refractivity (Wildman–Crippen MR) is 80.4 cm³/mol. The fourth-order valence-corrected chi connectivity index (χ4v) is 2.23. The lowest BCUT2D eigenvalue weighted by Gasteiger charge is -2.06. The fraction of sp³-hybridized carbons (Fsp3) is 0.176. The van der Waals surface area contributed by atoms with Crippen molar-refractivity contribution in [3.63, 3.8) is 0 Å². The first kappa shape index (κ1) is 12.6. The molecule has 0 unspecified atom stereocenters. The Morgan fingerprint density at radius 3 is 2.70 bits per heavy atom. The van der Waals surface area contributed by atoms with Gasteiger partial charge in [-0.05, 0) is 42.1 Å². The van der Waals surface area contributed by atoms with E-state index in [4.69, 9.17) is 9.47 Å². The molecule has 0 fully saturated rings. The minimum Gasteiger partial charge on any atom is -0.497 e. The van der Waals surface area contributed by atoms with E-state index in [0.717, 1.165) is 22.7 Å². The van der Waals surface area contributed by atoms with Crippen molar-refractivity contribution in [2.45, 2.75) is 13.5 Å². The second-order valence-corrected chi connectivity index (χ2v) is 4.85. The zero-order valence-electron chi connectivity index (χ0n) is 11.6. The maximum Gasteiger partial charge on any atom is 0.128 e. The summed E-state index contributed by atoms with van der Waals surface area (Å²) in [5.41, 5.74) is 3.46. The summed E-state index contributed by atoms with van der Waals surface area (Å²) in [5, 5.41) is 1.21. The van der Waals surface area contributed by atoms with Gasteiger partial charge in [0.1, 0.15) is 18.1 Å². The van der Waals surface area contributed by atoms with E-state index >= 15 is 0 Å². The van der Waals surface area contributed by atoms with Gasteiger partial charge in [-0.1, -0.05) is 18.2 Å². The number of aryl methyl sites for hydroxylation is 1. The van der Waals surface area contributed by atoms with Gasteiger partial charge >= 0.3 is 0 Å². The summed E-state index contributed by atoms with van der Waals surface area (Å²) < 4.78 is 11.0. The molecule has 0 bridgehead atoms. The van der Waals surface area contributed by atoms with Crippen molar-refractivity contribution in [1.82, 2.24) is 4.98 Å². The molecule has 1 N–H and O–H groups in total. The highest BCUT2D eigenvalue weighted by Crippen LogP contribution is 2.21. The van der Waals surface area contributed by atoms with Crippen LogP contribution in [-0.2, 0) is 6.61 Å². The van der Waals surface area contributed by atoms with E-state index in [1.807, 2.05) is 24.3 Å². The molecule has 3 aromatic rings. The molecule has 0 radical (unpaired) electrons. The highest BCUT2D eigenvalue weighted by Gasteiger charge is 2.02. The summed E-state index contributed by atoms with van der Waals surface area (Å²) in [4.78, 5) is 3.38. The predicted octanol–water partition coefficient (Wildman–Crippen LogP) is 4.06. The van der Waals surface area contributed by atoms with Crippen molar-refractivity contribution < 1.29 is 9.47 Å². The molecule has 2 aromatic carbocycles. The van der Waals surface area contributed by atoms with Gasteiger partial charge < -0.3 is 14.5 Å². The number of methoxy groups -OCH3 is 1. The lowest BCUT2D eigenvalue weighted by atomic mass is 10.2. The second-order valence-electron chi connectivity index (χ2n) is 4.85. The molecule has 20 heavy (non-hydrogen) atoms. The van der Waals surface area contributed by atoms with Gasteiger partial charge in [0, 0.05) is 11.6 Å². The molecule has 102 valence electrons. The number of aromatic nitrogens is 1. The van der Waals surface area contributed by atoms with E-state index in [-0.39, 0.29) is 0 Å². The Morgan fingerprint density at radius 1 is 1.00 bits per heavy atom. The number of aromatic amines is 1. The number of hydrogen-bond donors (Lipinski definition) is 1. The molecule has 0 aliphatic carbocycles. The van der Waals surface area contributed by atoms with E-state index in [0.29, 0.717) is 6.61 Å². The standard InChI is InChI=1S/C17H17NO2/c1-12-6-7-13-9-14(18-17(13)8-12)11-20-16-5-3-4-15(10-16)19-2/h3-10,18H,11H2,1-2H3. The summed E-state index contributed by atoms with van der Waals surface area (Å²) in [6, 6.07) is 16.1. The minimum absolute atomic E-state index is 0.515. The van der Waals surface area contributed by atoms with E-state index in [2.05, 4.69) is 36.2 Å². The molecule has 0 saturated carbocycles. The van der Waals surface area contributed by atoms with Crippen molar-refractivity contribution in [3.8, 4) is 11.5 Å². The van der Waals surface area contributed by atoms with Crippen LogP contribution in [-0.4, -0.2) is 12.1 Å². The first-order valence-corrected chi connectivity index (χ1v) is 6.60. The van der Waals surface area contributed by atoms with Crippen molar-refractivity contribution in [3.05, 3.63) is 59.8 Å². The summed E-state index contributed by atoms with van der Waals surface area (Å²) in [7, 11) is 1.65. The minimum atomic E-state index is 0.515. The molecule has 3 heteroatoms. The largest absolute Gasteiger partial charge is 0.497 e. The van der Waals surface area contributed by atoms with Gasteiger partial charge in [0.2, 0.25) is 0 Å². The molecule has 0 saturated heterocycles. The molecule has 1 heterocycles. The number of H-pyrrole nitrogens is 1. The molecule has 3 rings (SSSR count). The third-order valence-electron chi connectivity index (χ3n) is 3.27. The molecular weight excluding hydrogens is 250 g/mol. The van der Waals surface area contributed by atoms with Crippen LogP contribution in [0.5, 0.6) is 11.5 Å². The Morgan fingerprint density at radius 2 is 1.85 bits per heavy atom. The Kier molecular flexibility index (Phi) is 3.33. The maximum atomic E-state index is 5.78. The molecule has 0 aliphatic heterocycles. The Labute approximate surface area is 118 Å². The number of fused-ring (bicyclic) bond motifs is 1. The Balaban J connectivity index is 1.76. The highest BCUT2D eigenvalue weighted by molar-refractivity contribution is 5.80. The van der Waals surface area contributed by atoms with Crippen molar-refractivity contribution in [2.24, 2.45) is 0 Å². The number of ether oxygens (including phenoxy) is 2. The fourth-order valence-electron chi connectivity index (χ4n) is 2.23. The summed E-state index contributed by atoms with van der Waals surface area (Å²) in [6.07, 6.45) is 0. The summed E-state index contributed by atoms with van der Waals surface area (Å²) >= 11 is 0. The zero-order valence-corrected chi connectivity index (χ0v) is 11.6. The van der Waals surface area contributed by atoms with Crippen LogP contribution in [0.1, 0.15) is 11.3 Å². The van der Waals surface area contributed by atoms with Crippen LogP contribution >= 0.6 is 0 Å². The van der Waals surface area contributed by atoms with Crippen LogP contribution < -0.4 is 9.47 Å². The molecule has 0 amide bonds. The first-order valence-electron chi connectivity index (χ1n) is 6.60. The van der Waals surface area contributed by atoms with E-state index < -0.39 is 0 Å². The Bertz CT molecular complexity index is 731. The highest BCUT2D eigenvalue weighted by atomic mass is 16.5. The van der Waals surface area contributed by atoms with Gasteiger partial charge in [-0.2, -0.15) is 0 Å². The van der Waals surface area contributed by atoms with Gasteiger partial charge in [-0.15, -0.1) is 0 Å². The third kappa shape index (κ3) is 2.62. The molecule has 0 spiro atoms. The quantitative estimate of drug-likeness (QED) is 0.773. The van der Waals surface area contributed by atoms with Crippen LogP contribution in [0.25, 0.3) is 10.9 Å². The van der Waals surface area contributed by atoms with Gasteiger partial charge in [0.05, 0.1) is 12.8 Å². The zero-order chi connectivity index (χ0) is 13.9. The monoisotopic (exact) mass is 267 g/mol. The van der Waals surface area contributed by atoms with Crippen LogP contribution in [0, 0.1) is 6.92 Å². The smallest absolute Gasteiger partial charge is 0.128 e. The molecular formula is C17H17NO2. The Hall–Kier alpha value is -2.42. The van der Waals surface area contributed by atoms with Crippen LogP contribution in [0.2, 0.25) is 0 Å². The average Bonchev–Trinajstić information content (AvgIpc) is 2.87. The molecule has 3 nitrogen and oxygen atoms in total. The van der Waals surface area contributed by atoms with E-state index in [1.54, 1.807) is 7.11 Å². The normalized spacial score (nSPS) is 10.7. The topological polar surface area (TPSA) is 34.2 Å².